The Morgan fingerprint density at radius 2 is 2.23 bits per heavy atom. The number of alkyl halides is 1. The van der Waals surface area contributed by atoms with Gasteiger partial charge in [0.25, 0.3) is 0 Å². The van der Waals surface area contributed by atoms with Crippen LogP contribution in [0.1, 0.15) is 25.0 Å². The smallest absolute Gasteiger partial charge is 0.222 e. The molecule has 0 saturated heterocycles. The van der Waals surface area contributed by atoms with Crippen LogP contribution in [0.15, 0.2) is 18.9 Å². The number of carbonyl (C=O) groups excluding carboxylic acids is 1. The maximum Gasteiger partial charge on any atom is 0.222 e. The van der Waals surface area contributed by atoms with Gasteiger partial charge in [-0.25, -0.2) is 19.3 Å². The first kappa shape index (κ1) is 16.4. The molecular weight excluding hydrogens is 341 g/mol. The molecule has 10 nitrogen and oxygen atoms in total. The van der Waals surface area contributed by atoms with Crippen LogP contribution in [0, 0.1) is 0 Å². The number of aryl methyl sites for hydroxylation is 1. The molecule has 1 saturated carbocycles. The van der Waals surface area contributed by atoms with E-state index < -0.39 is 6.17 Å². The minimum absolute atomic E-state index is 0.179. The van der Waals surface area contributed by atoms with E-state index in [-0.39, 0.29) is 18.4 Å². The molecule has 0 unspecified atom stereocenters. The SMILES string of the molecule is Nc1ncnc2c1ncn2Cc1cn(CCC(=O)N[C@@H]2CC[C@@H]2F)nn1. The fourth-order valence-corrected chi connectivity index (χ4v) is 2.83. The van der Waals surface area contributed by atoms with Gasteiger partial charge in [0.05, 0.1) is 31.7 Å². The number of fused-ring (bicyclic) bond motifs is 1. The van der Waals surface area contributed by atoms with Crippen molar-refractivity contribution in [3.8, 4) is 0 Å². The van der Waals surface area contributed by atoms with Crippen LogP contribution in [0.3, 0.4) is 0 Å². The maximum absolute atomic E-state index is 13.2. The Kier molecular flexibility index (Phi) is 4.19. The number of nitrogens with one attached hydrogen (secondary N) is 1. The van der Waals surface area contributed by atoms with Crippen molar-refractivity contribution in [1.82, 2.24) is 39.8 Å². The van der Waals surface area contributed by atoms with Gasteiger partial charge >= 0.3 is 0 Å². The van der Waals surface area contributed by atoms with Crippen LogP contribution in [-0.4, -0.2) is 52.6 Å². The molecule has 3 aromatic heterocycles. The second kappa shape index (κ2) is 6.65. The van der Waals surface area contributed by atoms with Crippen molar-refractivity contribution < 1.29 is 9.18 Å². The molecule has 1 aliphatic rings. The number of nitrogens with two attached hydrogens (primary N) is 1. The number of imidazole rings is 1. The van der Waals surface area contributed by atoms with Crippen molar-refractivity contribution in [2.75, 3.05) is 5.73 Å². The highest BCUT2D eigenvalue weighted by atomic mass is 19.1. The summed E-state index contributed by atoms with van der Waals surface area (Å²) in [7, 11) is 0. The number of hydrogen-bond donors (Lipinski definition) is 2. The van der Waals surface area contributed by atoms with Gasteiger partial charge in [-0.1, -0.05) is 5.21 Å². The summed E-state index contributed by atoms with van der Waals surface area (Å²) in [6, 6.07) is -0.335. The van der Waals surface area contributed by atoms with E-state index in [1.54, 1.807) is 21.8 Å². The molecule has 136 valence electrons. The van der Waals surface area contributed by atoms with E-state index in [0.717, 1.165) is 0 Å². The van der Waals surface area contributed by atoms with Crippen LogP contribution >= 0.6 is 0 Å². The van der Waals surface area contributed by atoms with Crippen molar-refractivity contribution in [3.63, 3.8) is 0 Å². The first-order valence-corrected chi connectivity index (χ1v) is 8.34. The fraction of sp³-hybridized carbons (Fsp3) is 0.467. The Morgan fingerprint density at radius 1 is 1.35 bits per heavy atom. The van der Waals surface area contributed by atoms with Gasteiger partial charge in [-0.15, -0.1) is 5.10 Å². The summed E-state index contributed by atoms with van der Waals surface area (Å²) in [5.74, 6) is 0.146. The van der Waals surface area contributed by atoms with Gasteiger partial charge in [-0.3, -0.25) is 9.48 Å². The summed E-state index contributed by atoms with van der Waals surface area (Å²) < 4.78 is 16.5. The van der Waals surface area contributed by atoms with Crippen LogP contribution in [0.4, 0.5) is 10.2 Å². The molecule has 0 aliphatic heterocycles. The van der Waals surface area contributed by atoms with Gasteiger partial charge in [0.1, 0.15) is 23.7 Å². The van der Waals surface area contributed by atoms with Crippen LogP contribution in [-0.2, 0) is 17.9 Å². The minimum atomic E-state index is -0.917. The van der Waals surface area contributed by atoms with E-state index in [1.807, 2.05) is 0 Å². The Bertz CT molecular complexity index is 936. The molecule has 11 heteroatoms. The third-order valence-corrected chi connectivity index (χ3v) is 4.45. The van der Waals surface area contributed by atoms with E-state index in [2.05, 4.69) is 30.6 Å². The molecule has 3 N–H and O–H groups in total. The summed E-state index contributed by atoms with van der Waals surface area (Å²) in [6.07, 6.45) is 5.29. The zero-order valence-corrected chi connectivity index (χ0v) is 13.9. The predicted octanol–water partition coefficient (Wildman–Crippen LogP) is 0.0551. The Balaban J connectivity index is 1.35. The Hall–Kier alpha value is -3.11. The van der Waals surface area contributed by atoms with Crippen molar-refractivity contribution in [1.29, 1.82) is 0 Å². The normalized spacial score (nSPS) is 19.4. The first-order chi connectivity index (χ1) is 12.6. The molecule has 3 aromatic rings. The Morgan fingerprint density at radius 3 is 3.00 bits per heavy atom. The van der Waals surface area contributed by atoms with Crippen molar-refractivity contribution in [3.05, 3.63) is 24.5 Å². The molecular formula is C15H18FN9O. The zero-order valence-electron chi connectivity index (χ0n) is 13.9. The summed E-state index contributed by atoms with van der Waals surface area (Å²) in [6.45, 7) is 0.799. The minimum Gasteiger partial charge on any atom is -0.382 e. The van der Waals surface area contributed by atoms with Gasteiger partial charge in [-0.2, -0.15) is 0 Å². The largest absolute Gasteiger partial charge is 0.382 e. The lowest BCUT2D eigenvalue weighted by molar-refractivity contribution is -0.123. The number of aromatic nitrogens is 7. The van der Waals surface area contributed by atoms with Crippen LogP contribution < -0.4 is 11.1 Å². The summed E-state index contributed by atoms with van der Waals surface area (Å²) in [5.41, 5.74) is 7.63. The highest BCUT2D eigenvalue weighted by Gasteiger charge is 2.31. The predicted molar refractivity (Wildman–Crippen MR) is 89.5 cm³/mol. The van der Waals surface area contributed by atoms with Crippen molar-refractivity contribution in [2.24, 2.45) is 0 Å². The lowest BCUT2D eigenvalue weighted by Gasteiger charge is -2.30. The molecule has 26 heavy (non-hydrogen) atoms. The molecule has 0 radical (unpaired) electrons. The number of anilines is 1. The van der Waals surface area contributed by atoms with Crippen LogP contribution in [0.25, 0.3) is 11.2 Å². The van der Waals surface area contributed by atoms with Crippen molar-refractivity contribution >= 4 is 22.9 Å². The molecule has 3 heterocycles. The monoisotopic (exact) mass is 359 g/mol. The van der Waals surface area contributed by atoms with Gasteiger partial charge in [0.2, 0.25) is 5.91 Å². The second-order valence-corrected chi connectivity index (χ2v) is 6.29. The molecule has 2 atom stereocenters. The maximum atomic E-state index is 13.2. The number of carbonyl (C=O) groups is 1. The average molecular weight is 359 g/mol. The number of nitrogens with zero attached hydrogens (tertiary/aromatic N) is 7. The quantitative estimate of drug-likeness (QED) is 0.636. The van der Waals surface area contributed by atoms with Crippen LogP contribution in [0.2, 0.25) is 0 Å². The lowest BCUT2D eigenvalue weighted by Crippen LogP contribution is -2.48. The third kappa shape index (κ3) is 3.19. The molecule has 0 bridgehead atoms. The van der Waals surface area contributed by atoms with Crippen LogP contribution in [0.5, 0.6) is 0 Å². The fourth-order valence-electron chi connectivity index (χ4n) is 2.83. The van der Waals surface area contributed by atoms with E-state index in [4.69, 9.17) is 5.73 Å². The number of amides is 1. The van der Waals surface area contributed by atoms with E-state index in [0.29, 0.717) is 48.6 Å². The number of nitrogen functional groups attached to an aromatic ring is 1. The number of halogens is 1. The molecule has 1 fully saturated rings. The van der Waals surface area contributed by atoms with E-state index in [9.17, 15) is 9.18 Å². The number of hydrogen-bond acceptors (Lipinski definition) is 7. The van der Waals surface area contributed by atoms with Gasteiger partial charge in [0.15, 0.2) is 11.5 Å². The highest BCUT2D eigenvalue weighted by Crippen LogP contribution is 2.23. The third-order valence-electron chi connectivity index (χ3n) is 4.45. The molecule has 1 amide bonds. The molecule has 0 spiro atoms. The topological polar surface area (TPSA) is 129 Å². The standard InChI is InChI=1S/C15H18FN9O/c16-10-1-2-11(10)21-12(26)3-4-25-6-9(22-23-25)5-24-8-20-13-14(17)18-7-19-15(13)24/h6-8,10-11H,1-5H2,(H,21,26)(H2,17,18,19)/t10-,11+/m0/s1. The molecule has 4 rings (SSSR count). The Labute approximate surface area is 147 Å². The average Bonchev–Trinajstić information content (AvgIpc) is 3.25. The van der Waals surface area contributed by atoms with Gasteiger partial charge < -0.3 is 15.6 Å². The van der Waals surface area contributed by atoms with Gasteiger partial charge in [0, 0.05) is 6.42 Å². The first-order valence-electron chi connectivity index (χ1n) is 8.34. The van der Waals surface area contributed by atoms with E-state index >= 15 is 0 Å². The summed E-state index contributed by atoms with van der Waals surface area (Å²) >= 11 is 0. The summed E-state index contributed by atoms with van der Waals surface area (Å²) in [5, 5.41) is 10.8. The zero-order chi connectivity index (χ0) is 18.1. The summed E-state index contributed by atoms with van der Waals surface area (Å²) in [4.78, 5) is 24.1. The molecule has 1 aliphatic carbocycles. The second-order valence-electron chi connectivity index (χ2n) is 6.29. The van der Waals surface area contributed by atoms with Crippen molar-refractivity contribution in [2.45, 2.75) is 44.6 Å². The molecule has 0 aromatic carbocycles. The number of rotatable bonds is 6. The van der Waals surface area contributed by atoms with Gasteiger partial charge in [-0.05, 0) is 12.8 Å². The highest BCUT2D eigenvalue weighted by molar-refractivity contribution is 5.81. The van der Waals surface area contributed by atoms with E-state index in [1.165, 1.54) is 6.33 Å². The lowest BCUT2D eigenvalue weighted by atomic mass is 9.90.